The fourth-order valence-electron chi connectivity index (χ4n) is 3.87. The van der Waals surface area contributed by atoms with E-state index in [9.17, 15) is 19.2 Å². The highest BCUT2D eigenvalue weighted by Gasteiger charge is 2.43. The van der Waals surface area contributed by atoms with E-state index in [-0.39, 0.29) is 41.6 Å². The first-order chi connectivity index (χ1) is 17.7. The highest BCUT2D eigenvalue weighted by molar-refractivity contribution is 7.80. The van der Waals surface area contributed by atoms with E-state index in [1.54, 1.807) is 73.6 Å². The van der Waals surface area contributed by atoms with Gasteiger partial charge in [0.25, 0.3) is 17.5 Å². The van der Waals surface area contributed by atoms with Gasteiger partial charge in [0.15, 0.2) is 17.9 Å². The number of aryl methyl sites for hydroxylation is 1. The molecule has 0 bridgehead atoms. The second-order valence-corrected chi connectivity index (χ2v) is 8.87. The average molecular weight is 522 g/mol. The lowest BCUT2D eigenvalue weighted by molar-refractivity contribution is -0.746. The lowest BCUT2D eigenvalue weighted by atomic mass is 10.1. The first-order valence-corrected chi connectivity index (χ1v) is 11.8. The maximum atomic E-state index is 13.0. The van der Waals surface area contributed by atoms with Gasteiger partial charge in [-0.05, 0) is 60.2 Å². The highest BCUT2D eigenvalue weighted by atomic mass is 32.1. The van der Waals surface area contributed by atoms with Gasteiger partial charge in [-0.25, -0.2) is 0 Å². The van der Waals surface area contributed by atoms with E-state index in [0.29, 0.717) is 22.5 Å². The van der Waals surface area contributed by atoms with E-state index in [1.165, 1.54) is 16.5 Å². The largest absolute Gasteiger partial charge is 0.326 e. The van der Waals surface area contributed by atoms with Crippen LogP contribution in [0.3, 0.4) is 0 Å². The van der Waals surface area contributed by atoms with Crippen LogP contribution in [-0.4, -0.2) is 56.8 Å². The number of benzene rings is 2. The molecule has 1 fully saturated rings. The van der Waals surface area contributed by atoms with E-state index >= 15 is 0 Å². The number of rotatable bonds is 8. The lowest BCUT2D eigenvalue weighted by Gasteiger charge is -2.21. The van der Waals surface area contributed by atoms with Gasteiger partial charge in [-0.1, -0.05) is 18.2 Å². The number of anilines is 2. The van der Waals surface area contributed by atoms with Crippen LogP contribution in [0.1, 0.15) is 39.8 Å². The van der Waals surface area contributed by atoms with E-state index < -0.39 is 11.9 Å². The number of amides is 3. The summed E-state index contributed by atoms with van der Waals surface area (Å²) in [5, 5.41) is 9.56. The van der Waals surface area contributed by atoms with E-state index in [2.05, 4.69) is 15.9 Å². The number of aromatic nitrogens is 2. The molecular formula is C25H25N6O5S+. The molecule has 3 aromatic rings. The first kappa shape index (κ1) is 25.6. The molecule has 12 heteroatoms. The molecule has 0 saturated carbocycles. The Balaban J connectivity index is 1.50. The van der Waals surface area contributed by atoms with Gasteiger partial charge in [0.05, 0.1) is 6.42 Å². The fourth-order valence-corrected chi connectivity index (χ4v) is 4.16. The smallest absolute Gasteiger partial charge is 0.307 e. The van der Waals surface area contributed by atoms with Crippen LogP contribution in [0.4, 0.5) is 11.6 Å². The van der Waals surface area contributed by atoms with Gasteiger partial charge in [0.2, 0.25) is 11.2 Å². The van der Waals surface area contributed by atoms with Gasteiger partial charge in [-0.2, -0.15) is 0 Å². The SMILES string of the molecule is CC(=O)c1ccc(NC(=O)CC2C(=O)N(C)C(=S)N2Cc2c(NC(=O)c3ccccc3)on[n+]2C)cc1. The molecule has 2 aromatic carbocycles. The standard InChI is InChI=1S/C25H24N6O5S/c1-15(32)16-9-11-18(12-10-16)26-21(33)13-19-24(35)29(2)25(37)31(19)14-20-23(36-28-30(20)3)27-22(34)17-7-5-4-6-8-17/h4-12,19H,13-14H2,1-3H3,(H-,26,27,28,32,33,34)/p+1. The Morgan fingerprint density at radius 2 is 1.73 bits per heavy atom. The molecule has 190 valence electrons. The molecule has 1 unspecified atom stereocenters. The number of hydrogen-bond donors (Lipinski definition) is 2. The van der Waals surface area contributed by atoms with Crippen LogP contribution >= 0.6 is 12.2 Å². The number of nitrogens with zero attached hydrogens (tertiary/aromatic N) is 4. The number of hydrogen-bond acceptors (Lipinski definition) is 7. The average Bonchev–Trinajstić information content (AvgIpc) is 3.32. The van der Waals surface area contributed by atoms with Crippen molar-refractivity contribution >= 4 is 52.4 Å². The van der Waals surface area contributed by atoms with Crippen molar-refractivity contribution in [2.24, 2.45) is 7.05 Å². The molecule has 2 heterocycles. The predicted octanol–water partition coefficient (Wildman–Crippen LogP) is 1.91. The molecule has 1 aliphatic heterocycles. The van der Waals surface area contributed by atoms with Crippen molar-refractivity contribution in [3.8, 4) is 0 Å². The number of carbonyl (C=O) groups excluding carboxylic acids is 4. The minimum absolute atomic E-state index is 0.0601. The topological polar surface area (TPSA) is 129 Å². The summed E-state index contributed by atoms with van der Waals surface area (Å²) in [5.41, 5.74) is 1.92. The van der Waals surface area contributed by atoms with Gasteiger partial charge in [0.1, 0.15) is 12.6 Å². The molecule has 3 amide bonds. The first-order valence-electron chi connectivity index (χ1n) is 11.4. The second-order valence-electron chi connectivity index (χ2n) is 8.50. The summed E-state index contributed by atoms with van der Waals surface area (Å²) in [6.45, 7) is 1.52. The van der Waals surface area contributed by atoms with Gasteiger partial charge in [-0.3, -0.25) is 33.9 Å². The van der Waals surface area contributed by atoms with Gasteiger partial charge in [-0.15, -0.1) is 0 Å². The molecule has 0 radical (unpaired) electrons. The maximum Gasteiger partial charge on any atom is 0.307 e. The Labute approximate surface area is 218 Å². The van der Waals surface area contributed by atoms with Crippen LogP contribution in [0.5, 0.6) is 0 Å². The molecular weight excluding hydrogens is 496 g/mol. The molecule has 0 spiro atoms. The summed E-state index contributed by atoms with van der Waals surface area (Å²) in [5.74, 6) is -1.09. The number of likely N-dealkylation sites (N-methyl/N-ethyl adjacent to an activating group) is 1. The molecule has 1 aromatic heterocycles. The monoisotopic (exact) mass is 521 g/mol. The number of nitrogens with one attached hydrogen (secondary N) is 2. The zero-order valence-corrected chi connectivity index (χ0v) is 21.2. The van der Waals surface area contributed by atoms with Crippen molar-refractivity contribution in [1.82, 2.24) is 15.1 Å². The Hall–Kier alpha value is -4.45. The molecule has 1 saturated heterocycles. The Kier molecular flexibility index (Phi) is 7.39. The third-order valence-electron chi connectivity index (χ3n) is 5.97. The second kappa shape index (κ2) is 10.7. The van der Waals surface area contributed by atoms with Crippen molar-refractivity contribution in [3.63, 3.8) is 0 Å². The zero-order valence-electron chi connectivity index (χ0n) is 20.4. The molecule has 11 nitrogen and oxygen atoms in total. The number of thiocarbonyl (C=S) groups is 1. The van der Waals surface area contributed by atoms with Crippen molar-refractivity contribution in [1.29, 1.82) is 0 Å². The predicted molar refractivity (Wildman–Crippen MR) is 136 cm³/mol. The van der Waals surface area contributed by atoms with Crippen LogP contribution in [-0.2, 0) is 23.2 Å². The summed E-state index contributed by atoms with van der Waals surface area (Å²) in [4.78, 5) is 52.8. The molecule has 0 aliphatic carbocycles. The molecule has 2 N–H and O–H groups in total. The lowest BCUT2D eigenvalue weighted by Crippen LogP contribution is -2.42. The molecule has 1 atom stereocenters. The van der Waals surface area contributed by atoms with Crippen LogP contribution in [0.15, 0.2) is 59.1 Å². The number of Topliss-reactive ketones (excluding diaryl/α,β-unsaturated/α-hetero) is 1. The van der Waals surface area contributed by atoms with E-state index in [1.807, 2.05) is 0 Å². The van der Waals surface area contributed by atoms with Crippen LogP contribution in [0, 0.1) is 0 Å². The molecule has 37 heavy (non-hydrogen) atoms. The number of ketones is 1. The Bertz CT molecular complexity index is 1370. The third-order valence-corrected chi connectivity index (χ3v) is 6.48. The minimum Gasteiger partial charge on any atom is -0.326 e. The third kappa shape index (κ3) is 5.54. The summed E-state index contributed by atoms with van der Waals surface area (Å²) >= 11 is 5.48. The normalized spacial score (nSPS) is 15.2. The summed E-state index contributed by atoms with van der Waals surface area (Å²) < 4.78 is 6.75. The van der Waals surface area contributed by atoms with Gasteiger partial charge < -0.3 is 10.2 Å². The van der Waals surface area contributed by atoms with E-state index in [4.69, 9.17) is 16.7 Å². The Morgan fingerprint density at radius 1 is 1.05 bits per heavy atom. The van der Waals surface area contributed by atoms with Crippen LogP contribution in [0.25, 0.3) is 0 Å². The van der Waals surface area contributed by atoms with E-state index in [0.717, 1.165) is 0 Å². The molecule has 4 rings (SSSR count). The summed E-state index contributed by atoms with van der Waals surface area (Å²) in [6.07, 6.45) is -0.168. The summed E-state index contributed by atoms with van der Waals surface area (Å²) in [6, 6.07) is 14.2. The zero-order chi connectivity index (χ0) is 26.7. The van der Waals surface area contributed by atoms with Crippen LogP contribution in [0.2, 0.25) is 0 Å². The van der Waals surface area contributed by atoms with Gasteiger partial charge in [0, 0.05) is 23.9 Å². The maximum absolute atomic E-state index is 13.0. The van der Waals surface area contributed by atoms with Crippen molar-refractivity contribution in [2.45, 2.75) is 25.9 Å². The summed E-state index contributed by atoms with van der Waals surface area (Å²) in [7, 11) is 3.18. The van der Waals surface area contributed by atoms with Crippen molar-refractivity contribution in [3.05, 3.63) is 71.4 Å². The van der Waals surface area contributed by atoms with Crippen LogP contribution < -0.4 is 15.3 Å². The molecule has 1 aliphatic rings. The number of carbonyl (C=O) groups is 4. The Morgan fingerprint density at radius 3 is 2.38 bits per heavy atom. The van der Waals surface area contributed by atoms with Crippen molar-refractivity contribution in [2.75, 3.05) is 17.7 Å². The van der Waals surface area contributed by atoms with Crippen molar-refractivity contribution < 1.29 is 28.4 Å². The quantitative estimate of drug-likeness (QED) is 0.261. The van der Waals surface area contributed by atoms with Gasteiger partial charge >= 0.3 is 5.88 Å². The fraction of sp³-hybridized carbons (Fsp3) is 0.240. The minimum atomic E-state index is -0.874. The highest BCUT2D eigenvalue weighted by Crippen LogP contribution is 2.24.